The van der Waals surface area contributed by atoms with Crippen molar-refractivity contribution in [3.63, 3.8) is 0 Å². The van der Waals surface area contributed by atoms with E-state index in [4.69, 9.17) is 4.74 Å². The number of nitrogens with zero attached hydrogens (tertiary/aromatic N) is 2. The Morgan fingerprint density at radius 1 is 0.974 bits per heavy atom. The molecule has 2 aromatic carbocycles. The Hall–Kier alpha value is -2.80. The van der Waals surface area contributed by atoms with E-state index in [1.54, 1.807) is 12.1 Å². The van der Waals surface area contributed by atoms with E-state index in [9.17, 15) is 18.4 Å². The second kappa shape index (κ2) is 11.1. The molecule has 0 N–H and O–H groups in total. The first kappa shape index (κ1) is 26.8. The molecule has 38 heavy (non-hydrogen) atoms. The largest absolute Gasteiger partial charge is 0.469 e. The number of benzene rings is 2. The molecule has 1 atom stereocenters. The zero-order chi connectivity index (χ0) is 26.8. The van der Waals surface area contributed by atoms with Crippen LogP contribution in [0.5, 0.6) is 0 Å². The third kappa shape index (κ3) is 6.09. The van der Waals surface area contributed by atoms with Crippen LogP contribution in [0.3, 0.4) is 0 Å². The molecule has 0 bridgehead atoms. The number of hydrogen-bond acceptors (Lipinski definition) is 4. The average Bonchev–Trinajstić information content (AvgIpc) is 3.76. The molecule has 5 rings (SSSR count). The predicted molar refractivity (Wildman–Crippen MR) is 143 cm³/mol. The van der Waals surface area contributed by atoms with Crippen molar-refractivity contribution in [3.05, 3.63) is 65.7 Å². The average molecular weight is 525 g/mol. The van der Waals surface area contributed by atoms with Crippen molar-refractivity contribution in [2.45, 2.75) is 82.2 Å². The highest BCUT2D eigenvalue weighted by Gasteiger charge is 2.47. The molecule has 1 amide bonds. The van der Waals surface area contributed by atoms with Crippen LogP contribution in [0.4, 0.5) is 14.5 Å². The number of methoxy groups -OCH3 is 1. The molecule has 1 aliphatic heterocycles. The standard InChI is InChI=1S/C31H38F2N2O3/c1-38-29(37)30(16-18-34(19-17-30)22-23-9-11-24(12-10-23)25-13-14-25)21-28(36)35(26-6-3-2-4-7-26)27-8-5-15-31(32,33)20-27/h2-4,6-7,9-12,25,27H,5,8,13-22H2,1H3. The summed E-state index contributed by atoms with van der Waals surface area (Å²) in [5.74, 6) is -2.74. The molecule has 2 saturated carbocycles. The van der Waals surface area contributed by atoms with Gasteiger partial charge in [0.2, 0.25) is 11.8 Å². The van der Waals surface area contributed by atoms with E-state index in [1.807, 2.05) is 18.2 Å². The summed E-state index contributed by atoms with van der Waals surface area (Å²) < 4.78 is 34.0. The zero-order valence-corrected chi connectivity index (χ0v) is 22.2. The van der Waals surface area contributed by atoms with Crippen LogP contribution >= 0.6 is 0 Å². The van der Waals surface area contributed by atoms with Crippen LogP contribution in [0.15, 0.2) is 54.6 Å². The predicted octanol–water partition coefficient (Wildman–Crippen LogP) is 6.32. The highest BCUT2D eigenvalue weighted by Crippen LogP contribution is 2.42. The van der Waals surface area contributed by atoms with Gasteiger partial charge in [-0.2, -0.15) is 0 Å². The highest BCUT2D eigenvalue weighted by atomic mass is 19.3. The topological polar surface area (TPSA) is 49.9 Å². The van der Waals surface area contributed by atoms with Crippen LogP contribution in [0.2, 0.25) is 0 Å². The van der Waals surface area contributed by atoms with Gasteiger partial charge in [-0.3, -0.25) is 14.5 Å². The van der Waals surface area contributed by atoms with Crippen molar-refractivity contribution in [1.82, 2.24) is 4.90 Å². The van der Waals surface area contributed by atoms with E-state index in [0.29, 0.717) is 44.5 Å². The van der Waals surface area contributed by atoms with E-state index in [-0.39, 0.29) is 31.1 Å². The third-order valence-electron chi connectivity index (χ3n) is 8.64. The highest BCUT2D eigenvalue weighted by molar-refractivity contribution is 5.97. The number of alkyl halides is 2. The normalized spacial score (nSPS) is 23.0. The first-order valence-corrected chi connectivity index (χ1v) is 13.9. The molecule has 1 heterocycles. The molecule has 2 aliphatic carbocycles. The van der Waals surface area contributed by atoms with Crippen LogP contribution in [0.25, 0.3) is 0 Å². The van der Waals surface area contributed by atoms with Crippen LogP contribution < -0.4 is 4.90 Å². The maximum atomic E-state index is 14.4. The smallest absolute Gasteiger partial charge is 0.312 e. The maximum absolute atomic E-state index is 14.4. The molecule has 0 spiro atoms. The summed E-state index contributed by atoms with van der Waals surface area (Å²) in [5, 5.41) is 0. The van der Waals surface area contributed by atoms with Gasteiger partial charge in [-0.1, -0.05) is 42.5 Å². The lowest BCUT2D eigenvalue weighted by molar-refractivity contribution is -0.158. The van der Waals surface area contributed by atoms with E-state index < -0.39 is 17.4 Å². The minimum atomic E-state index is -2.79. The van der Waals surface area contributed by atoms with Crippen molar-refractivity contribution < 1.29 is 23.1 Å². The zero-order valence-electron chi connectivity index (χ0n) is 22.2. The van der Waals surface area contributed by atoms with Crippen LogP contribution in [-0.2, 0) is 20.9 Å². The Morgan fingerprint density at radius 2 is 1.66 bits per heavy atom. The van der Waals surface area contributed by atoms with Gasteiger partial charge < -0.3 is 9.64 Å². The fourth-order valence-electron chi connectivity index (χ4n) is 6.27. The second-order valence-electron chi connectivity index (χ2n) is 11.4. The van der Waals surface area contributed by atoms with Gasteiger partial charge >= 0.3 is 5.97 Å². The lowest BCUT2D eigenvalue weighted by Crippen LogP contribution is -2.51. The summed E-state index contributed by atoms with van der Waals surface area (Å²) in [5.41, 5.74) is 2.30. The lowest BCUT2D eigenvalue weighted by atomic mass is 9.74. The molecular weight excluding hydrogens is 486 g/mol. The minimum Gasteiger partial charge on any atom is -0.469 e. The van der Waals surface area contributed by atoms with Crippen molar-refractivity contribution in [2.75, 3.05) is 25.1 Å². The number of esters is 1. The molecule has 5 nitrogen and oxygen atoms in total. The van der Waals surface area contributed by atoms with E-state index in [2.05, 4.69) is 29.2 Å². The third-order valence-corrected chi connectivity index (χ3v) is 8.64. The Balaban J connectivity index is 1.29. The number of halogens is 2. The summed E-state index contributed by atoms with van der Waals surface area (Å²) in [6.07, 6.45) is 3.90. The van der Waals surface area contributed by atoms with Gasteiger partial charge in [-0.15, -0.1) is 0 Å². The number of ether oxygens (including phenoxy) is 1. The quantitative estimate of drug-likeness (QED) is 0.379. The number of amides is 1. The summed E-state index contributed by atoms with van der Waals surface area (Å²) in [7, 11) is 1.36. The monoisotopic (exact) mass is 524 g/mol. The molecule has 1 unspecified atom stereocenters. The van der Waals surface area contributed by atoms with Crippen LogP contribution in [0.1, 0.15) is 74.8 Å². The molecule has 0 aromatic heterocycles. The Bertz CT molecular complexity index is 1110. The second-order valence-corrected chi connectivity index (χ2v) is 11.4. The number of carbonyl (C=O) groups is 2. The van der Waals surface area contributed by atoms with Gasteiger partial charge in [0, 0.05) is 37.5 Å². The molecule has 0 radical (unpaired) electrons. The molecule has 7 heteroatoms. The van der Waals surface area contributed by atoms with E-state index in [1.165, 1.54) is 36.0 Å². The van der Waals surface area contributed by atoms with Gasteiger partial charge in [0.15, 0.2) is 0 Å². The summed E-state index contributed by atoms with van der Waals surface area (Å²) >= 11 is 0. The summed E-state index contributed by atoms with van der Waals surface area (Å²) in [6, 6.07) is 17.3. The van der Waals surface area contributed by atoms with Gasteiger partial charge in [0.25, 0.3) is 0 Å². The van der Waals surface area contributed by atoms with Gasteiger partial charge in [-0.25, -0.2) is 8.78 Å². The van der Waals surface area contributed by atoms with Crippen molar-refractivity contribution in [1.29, 1.82) is 0 Å². The number of piperidine rings is 1. The first-order chi connectivity index (χ1) is 18.3. The maximum Gasteiger partial charge on any atom is 0.312 e. The molecule has 1 saturated heterocycles. The Kier molecular flexibility index (Phi) is 7.85. The summed E-state index contributed by atoms with van der Waals surface area (Å²) in [6.45, 7) is 2.13. The number of carbonyl (C=O) groups excluding carboxylic acids is 2. The minimum absolute atomic E-state index is 0.0411. The fraction of sp³-hybridized carbons (Fsp3) is 0.548. The SMILES string of the molecule is COC(=O)C1(CC(=O)N(c2ccccc2)C2CCCC(F)(F)C2)CCN(Cc2ccc(C3CC3)cc2)CC1. The van der Waals surface area contributed by atoms with Crippen molar-refractivity contribution in [3.8, 4) is 0 Å². The van der Waals surface area contributed by atoms with Crippen molar-refractivity contribution in [2.24, 2.45) is 5.41 Å². The molecular formula is C31H38F2N2O3. The fourth-order valence-corrected chi connectivity index (χ4v) is 6.27. The van der Waals surface area contributed by atoms with Gasteiger partial charge in [0.05, 0.1) is 12.5 Å². The van der Waals surface area contributed by atoms with E-state index >= 15 is 0 Å². The number of para-hydroxylation sites is 1. The first-order valence-electron chi connectivity index (χ1n) is 13.9. The van der Waals surface area contributed by atoms with Gasteiger partial charge in [0.1, 0.15) is 0 Å². The number of hydrogen-bond donors (Lipinski definition) is 0. The summed E-state index contributed by atoms with van der Waals surface area (Å²) in [4.78, 5) is 30.8. The van der Waals surface area contributed by atoms with Crippen LogP contribution in [-0.4, -0.2) is 48.9 Å². The molecule has 204 valence electrons. The van der Waals surface area contributed by atoms with E-state index in [0.717, 1.165) is 12.5 Å². The molecule has 2 aromatic rings. The molecule has 3 aliphatic rings. The number of rotatable bonds is 8. The Labute approximate surface area is 224 Å². The van der Waals surface area contributed by atoms with Crippen LogP contribution in [0, 0.1) is 5.41 Å². The van der Waals surface area contributed by atoms with Crippen molar-refractivity contribution >= 4 is 17.6 Å². The number of anilines is 1. The Morgan fingerprint density at radius 3 is 2.26 bits per heavy atom. The number of likely N-dealkylation sites (tertiary alicyclic amines) is 1. The van der Waals surface area contributed by atoms with Gasteiger partial charge in [-0.05, 0) is 80.8 Å². The lowest BCUT2D eigenvalue weighted by Gasteiger charge is -2.42. The molecule has 3 fully saturated rings.